The average molecular weight is 533 g/mol. The zero-order chi connectivity index (χ0) is 27.9. The molecule has 0 amide bonds. The molecule has 206 valence electrons. The Morgan fingerprint density at radius 3 is 2.44 bits per heavy atom. The van der Waals surface area contributed by atoms with Crippen LogP contribution in [0.5, 0.6) is 11.5 Å². The number of carboxylic acids is 1. The first-order valence-corrected chi connectivity index (χ1v) is 13.6. The van der Waals surface area contributed by atoms with E-state index in [4.69, 9.17) is 14.2 Å². The van der Waals surface area contributed by atoms with Crippen molar-refractivity contribution in [3.63, 3.8) is 0 Å². The van der Waals surface area contributed by atoms with Crippen LogP contribution in [-0.4, -0.2) is 25.3 Å². The van der Waals surface area contributed by atoms with Crippen LogP contribution < -0.4 is 9.47 Å². The molecule has 0 aromatic heterocycles. The minimum atomic E-state index is -0.702. The van der Waals surface area contributed by atoms with Gasteiger partial charge in [0.25, 0.3) is 0 Å². The first kappa shape index (κ1) is 27.2. The molecule has 5 rings (SSSR count). The highest BCUT2D eigenvalue weighted by atomic mass is 19.1. The number of fused-ring (bicyclic) bond motifs is 2. The van der Waals surface area contributed by atoms with Crippen molar-refractivity contribution in [3.05, 3.63) is 82.7 Å². The van der Waals surface area contributed by atoms with E-state index in [-0.39, 0.29) is 28.7 Å². The van der Waals surface area contributed by atoms with Crippen LogP contribution in [0.2, 0.25) is 0 Å². The summed E-state index contributed by atoms with van der Waals surface area (Å²) in [6, 6.07) is 16.8. The summed E-state index contributed by atoms with van der Waals surface area (Å²) in [5.74, 6) is -0.0285. The van der Waals surface area contributed by atoms with Gasteiger partial charge < -0.3 is 19.3 Å². The summed E-state index contributed by atoms with van der Waals surface area (Å²) in [6.45, 7) is 6.62. The second-order valence-corrected chi connectivity index (χ2v) is 11.9. The molecule has 0 radical (unpaired) electrons. The first-order chi connectivity index (χ1) is 18.6. The predicted molar refractivity (Wildman–Crippen MR) is 149 cm³/mol. The Bertz CT molecular complexity index is 1390. The van der Waals surface area contributed by atoms with Crippen LogP contribution in [-0.2, 0) is 28.0 Å². The Hall–Kier alpha value is -3.38. The average Bonchev–Trinajstić information content (AvgIpc) is 3.27. The van der Waals surface area contributed by atoms with E-state index in [1.165, 1.54) is 11.6 Å². The fourth-order valence-electron chi connectivity index (χ4n) is 6.55. The minimum Gasteiger partial charge on any atom is -0.497 e. The molecule has 2 aliphatic rings. The van der Waals surface area contributed by atoms with Crippen molar-refractivity contribution in [1.29, 1.82) is 0 Å². The van der Waals surface area contributed by atoms with Gasteiger partial charge in [-0.25, -0.2) is 4.39 Å². The van der Waals surface area contributed by atoms with Crippen LogP contribution in [0.4, 0.5) is 4.39 Å². The van der Waals surface area contributed by atoms with E-state index in [1.807, 2.05) is 30.3 Å². The van der Waals surface area contributed by atoms with Crippen molar-refractivity contribution in [3.8, 4) is 22.6 Å². The molecule has 39 heavy (non-hydrogen) atoms. The molecule has 2 aliphatic carbocycles. The summed E-state index contributed by atoms with van der Waals surface area (Å²) >= 11 is 0. The number of halogens is 1. The lowest BCUT2D eigenvalue weighted by atomic mass is 9.57. The van der Waals surface area contributed by atoms with Crippen LogP contribution in [0.15, 0.2) is 54.6 Å². The molecule has 0 aliphatic heterocycles. The molecule has 0 bridgehead atoms. The SMILES string of the molecule is COc1ccc(F)c(-c2ccc(COc3ccc4c(c3)[C@]3(CC4)CC[C@H]3C(=O)O)cc2[C@H](OC)C(C)(C)C)c1. The van der Waals surface area contributed by atoms with Crippen LogP contribution >= 0.6 is 0 Å². The Balaban J connectivity index is 1.46. The van der Waals surface area contributed by atoms with E-state index in [0.29, 0.717) is 17.9 Å². The fourth-order valence-corrected chi connectivity index (χ4v) is 6.55. The maximum atomic E-state index is 15.0. The summed E-state index contributed by atoms with van der Waals surface area (Å²) in [7, 11) is 3.25. The number of carbonyl (C=O) groups is 1. The van der Waals surface area contributed by atoms with E-state index < -0.39 is 5.97 Å². The number of aryl methyl sites for hydroxylation is 1. The Morgan fingerprint density at radius 2 is 1.79 bits per heavy atom. The first-order valence-electron chi connectivity index (χ1n) is 13.6. The van der Waals surface area contributed by atoms with Gasteiger partial charge in [-0.15, -0.1) is 0 Å². The van der Waals surface area contributed by atoms with Crippen LogP contribution in [0.3, 0.4) is 0 Å². The highest BCUT2D eigenvalue weighted by Gasteiger charge is 2.54. The van der Waals surface area contributed by atoms with Crippen molar-refractivity contribution < 1.29 is 28.5 Å². The Kier molecular flexibility index (Phi) is 7.19. The molecular weight excluding hydrogens is 495 g/mol. The van der Waals surface area contributed by atoms with Crippen LogP contribution in [0, 0.1) is 17.2 Å². The molecule has 3 aromatic rings. The summed E-state index contributed by atoms with van der Waals surface area (Å²) in [6.07, 6.45) is 3.16. The number of aliphatic carboxylic acids is 1. The number of rotatable bonds is 8. The second-order valence-electron chi connectivity index (χ2n) is 11.9. The number of methoxy groups -OCH3 is 2. The highest BCUT2D eigenvalue weighted by Crippen LogP contribution is 2.57. The molecule has 0 unspecified atom stereocenters. The third-order valence-corrected chi connectivity index (χ3v) is 8.59. The van der Waals surface area contributed by atoms with Gasteiger partial charge in [-0.3, -0.25) is 4.79 Å². The normalized spacial score (nSPS) is 20.8. The quantitative estimate of drug-likeness (QED) is 0.326. The van der Waals surface area contributed by atoms with E-state index >= 15 is 4.39 Å². The standard InChI is InChI=1S/C33H37FO5/c1-32(2,3)30(38-5)26-16-20(6-10-24(26)25-17-22(37-4)9-11-29(25)34)19-39-23-8-7-21-12-14-33(28(21)18-23)15-13-27(33)31(35)36/h6-11,16-18,27,30H,12-15,19H2,1-5H3,(H,35,36)/t27-,30-,33+/m0/s1. The Labute approximate surface area is 229 Å². The third-order valence-electron chi connectivity index (χ3n) is 8.59. The molecule has 1 fully saturated rings. The zero-order valence-corrected chi connectivity index (χ0v) is 23.3. The molecule has 1 spiro atoms. The third kappa shape index (κ3) is 4.91. The molecule has 3 atom stereocenters. The largest absolute Gasteiger partial charge is 0.497 e. The summed E-state index contributed by atoms with van der Waals surface area (Å²) in [5.41, 5.74) is 4.89. The summed E-state index contributed by atoms with van der Waals surface area (Å²) in [5, 5.41) is 9.73. The van der Waals surface area contributed by atoms with Gasteiger partial charge in [0.2, 0.25) is 0 Å². The van der Waals surface area contributed by atoms with E-state index in [9.17, 15) is 9.90 Å². The van der Waals surface area contributed by atoms with Gasteiger partial charge in [-0.05, 0) is 95.3 Å². The lowest BCUT2D eigenvalue weighted by Gasteiger charge is -2.45. The lowest BCUT2D eigenvalue weighted by molar-refractivity contribution is -0.149. The van der Waals surface area contributed by atoms with Gasteiger partial charge in [0.05, 0.1) is 19.1 Å². The summed E-state index contributed by atoms with van der Waals surface area (Å²) in [4.78, 5) is 11.8. The van der Waals surface area contributed by atoms with Gasteiger partial charge in [-0.1, -0.05) is 39.0 Å². The maximum Gasteiger partial charge on any atom is 0.307 e. The summed E-state index contributed by atoms with van der Waals surface area (Å²) < 4.78 is 32.6. The fraction of sp³-hybridized carbons (Fsp3) is 0.424. The number of hydrogen-bond donors (Lipinski definition) is 1. The predicted octanol–water partition coefficient (Wildman–Crippen LogP) is 7.49. The molecule has 5 nitrogen and oxygen atoms in total. The van der Waals surface area contributed by atoms with Crippen LogP contribution in [0.25, 0.3) is 11.1 Å². The smallest absolute Gasteiger partial charge is 0.307 e. The molecular formula is C33H37FO5. The molecule has 0 saturated heterocycles. The van der Waals surface area contributed by atoms with E-state index in [1.54, 1.807) is 26.4 Å². The van der Waals surface area contributed by atoms with Gasteiger partial charge >= 0.3 is 5.97 Å². The van der Waals surface area contributed by atoms with Crippen LogP contribution in [0.1, 0.15) is 68.4 Å². The number of carboxylic acid groups (broad SMARTS) is 1. The van der Waals surface area contributed by atoms with Crippen molar-refractivity contribution in [2.75, 3.05) is 14.2 Å². The monoisotopic (exact) mass is 532 g/mol. The van der Waals surface area contributed by atoms with E-state index in [2.05, 4.69) is 26.8 Å². The number of benzene rings is 3. The van der Waals surface area contributed by atoms with Crippen molar-refractivity contribution in [1.82, 2.24) is 0 Å². The van der Waals surface area contributed by atoms with Crippen molar-refractivity contribution in [2.45, 2.75) is 64.6 Å². The highest BCUT2D eigenvalue weighted by molar-refractivity contribution is 5.75. The Morgan fingerprint density at radius 1 is 1.03 bits per heavy atom. The number of ether oxygens (including phenoxy) is 3. The zero-order valence-electron chi connectivity index (χ0n) is 23.3. The van der Waals surface area contributed by atoms with Gasteiger partial charge in [-0.2, -0.15) is 0 Å². The van der Waals surface area contributed by atoms with Gasteiger partial charge in [0.15, 0.2) is 0 Å². The van der Waals surface area contributed by atoms with Gasteiger partial charge in [0, 0.05) is 18.1 Å². The van der Waals surface area contributed by atoms with E-state index in [0.717, 1.165) is 53.7 Å². The molecule has 1 saturated carbocycles. The van der Waals surface area contributed by atoms with Crippen molar-refractivity contribution >= 4 is 5.97 Å². The molecule has 3 aromatic carbocycles. The lowest BCUT2D eigenvalue weighted by Crippen LogP contribution is -2.46. The molecule has 6 heteroatoms. The maximum absolute atomic E-state index is 15.0. The number of hydrogen-bond acceptors (Lipinski definition) is 4. The molecule has 0 heterocycles. The second kappa shape index (κ2) is 10.3. The van der Waals surface area contributed by atoms with Crippen molar-refractivity contribution in [2.24, 2.45) is 11.3 Å². The minimum absolute atomic E-state index is 0.240. The van der Waals surface area contributed by atoms with Gasteiger partial charge in [0.1, 0.15) is 23.9 Å². The molecule has 1 N–H and O–H groups in total. The topological polar surface area (TPSA) is 65.0 Å².